The molecule has 0 amide bonds. The molecule has 1 aliphatic rings. The number of aryl methyl sites for hydroxylation is 2. The molecule has 1 unspecified atom stereocenters. The highest BCUT2D eigenvalue weighted by molar-refractivity contribution is 6.31. The number of aliphatic hydroxyl groups excluding tert-OH is 1. The van der Waals surface area contributed by atoms with Gasteiger partial charge in [0.2, 0.25) is 0 Å². The first-order chi connectivity index (χ1) is 8.13. The van der Waals surface area contributed by atoms with E-state index >= 15 is 0 Å². The van der Waals surface area contributed by atoms with Gasteiger partial charge in [-0.3, -0.25) is 9.58 Å². The number of ether oxygens (including phenoxy) is 1. The molecular weight excluding hydrogens is 242 g/mol. The molecule has 0 saturated carbocycles. The molecule has 0 radical (unpaired) electrons. The predicted octanol–water partition coefficient (Wildman–Crippen LogP) is 0.575. The van der Waals surface area contributed by atoms with E-state index in [1.165, 1.54) is 0 Å². The number of morpholine rings is 1. The highest BCUT2D eigenvalue weighted by Gasteiger charge is 2.24. The Bertz CT molecular complexity index is 394. The molecule has 0 aromatic carbocycles. The van der Waals surface area contributed by atoms with Gasteiger partial charge in [-0.15, -0.1) is 0 Å². The number of aliphatic hydroxyl groups is 1. The van der Waals surface area contributed by atoms with Crippen LogP contribution in [0.5, 0.6) is 0 Å². The average Bonchev–Trinajstić information content (AvgIpc) is 2.57. The minimum Gasteiger partial charge on any atom is -0.395 e. The lowest BCUT2D eigenvalue weighted by Gasteiger charge is -2.34. The SMILES string of the molecule is Cc1nn(C)c(CN2CCOCC2CO)c1Cl. The number of halogens is 1. The second-order valence-corrected chi connectivity index (χ2v) is 4.73. The molecule has 5 nitrogen and oxygen atoms in total. The first kappa shape index (κ1) is 12.8. The van der Waals surface area contributed by atoms with Crippen LogP contribution in [0.4, 0.5) is 0 Å². The van der Waals surface area contributed by atoms with Gasteiger partial charge in [-0.1, -0.05) is 11.6 Å². The van der Waals surface area contributed by atoms with Crippen molar-refractivity contribution in [2.45, 2.75) is 19.5 Å². The van der Waals surface area contributed by atoms with E-state index in [9.17, 15) is 5.11 Å². The van der Waals surface area contributed by atoms with E-state index in [-0.39, 0.29) is 12.6 Å². The van der Waals surface area contributed by atoms with Crippen LogP contribution in [0.15, 0.2) is 0 Å². The lowest BCUT2D eigenvalue weighted by atomic mass is 10.2. The largest absolute Gasteiger partial charge is 0.395 e. The van der Waals surface area contributed by atoms with Crippen LogP contribution < -0.4 is 0 Å². The Labute approximate surface area is 106 Å². The molecule has 6 heteroatoms. The zero-order valence-electron chi connectivity index (χ0n) is 10.2. The molecule has 17 heavy (non-hydrogen) atoms. The smallest absolute Gasteiger partial charge is 0.0860 e. The van der Waals surface area contributed by atoms with Gasteiger partial charge < -0.3 is 9.84 Å². The van der Waals surface area contributed by atoms with E-state index in [0.717, 1.165) is 23.0 Å². The Morgan fingerprint density at radius 3 is 2.94 bits per heavy atom. The lowest BCUT2D eigenvalue weighted by Crippen LogP contribution is -2.47. The standard InChI is InChI=1S/C11H18ClN3O2/c1-8-11(12)10(14(2)13-8)5-15-3-4-17-7-9(15)6-16/h9,16H,3-7H2,1-2H3. The van der Waals surface area contributed by atoms with Crippen LogP contribution in [0.2, 0.25) is 5.02 Å². The topological polar surface area (TPSA) is 50.5 Å². The summed E-state index contributed by atoms with van der Waals surface area (Å²) in [5, 5.41) is 14.3. The Balaban J connectivity index is 2.13. The fourth-order valence-corrected chi connectivity index (χ4v) is 2.33. The van der Waals surface area contributed by atoms with Crippen molar-refractivity contribution in [3.05, 3.63) is 16.4 Å². The van der Waals surface area contributed by atoms with Gasteiger partial charge in [-0.2, -0.15) is 5.10 Å². The highest BCUT2D eigenvalue weighted by atomic mass is 35.5. The first-order valence-electron chi connectivity index (χ1n) is 5.74. The summed E-state index contributed by atoms with van der Waals surface area (Å²) in [5.74, 6) is 0. The molecule has 0 bridgehead atoms. The summed E-state index contributed by atoms with van der Waals surface area (Å²) < 4.78 is 7.16. The van der Waals surface area contributed by atoms with Gasteiger partial charge in [0, 0.05) is 20.1 Å². The van der Waals surface area contributed by atoms with Crippen molar-refractivity contribution in [3.63, 3.8) is 0 Å². The van der Waals surface area contributed by atoms with E-state index in [1.807, 2.05) is 18.7 Å². The fourth-order valence-electron chi connectivity index (χ4n) is 2.11. The Kier molecular flexibility index (Phi) is 4.04. The zero-order chi connectivity index (χ0) is 12.4. The van der Waals surface area contributed by atoms with Gasteiger partial charge >= 0.3 is 0 Å². The molecule has 0 spiro atoms. The molecular formula is C11H18ClN3O2. The average molecular weight is 260 g/mol. The summed E-state index contributed by atoms with van der Waals surface area (Å²) >= 11 is 6.22. The van der Waals surface area contributed by atoms with Gasteiger partial charge in [0.1, 0.15) is 0 Å². The molecule has 1 N–H and O–H groups in total. The summed E-state index contributed by atoms with van der Waals surface area (Å²) in [6.07, 6.45) is 0. The Morgan fingerprint density at radius 2 is 2.35 bits per heavy atom. The van der Waals surface area contributed by atoms with Gasteiger partial charge in [0.15, 0.2) is 0 Å². The maximum atomic E-state index is 9.31. The van der Waals surface area contributed by atoms with Crippen molar-refractivity contribution >= 4 is 11.6 Å². The molecule has 1 aromatic rings. The van der Waals surface area contributed by atoms with Crippen molar-refractivity contribution in [3.8, 4) is 0 Å². The van der Waals surface area contributed by atoms with E-state index in [2.05, 4.69) is 10.00 Å². The van der Waals surface area contributed by atoms with Gasteiger partial charge in [-0.25, -0.2) is 0 Å². The van der Waals surface area contributed by atoms with Crippen molar-refractivity contribution in [1.82, 2.24) is 14.7 Å². The van der Waals surface area contributed by atoms with Crippen LogP contribution in [0.3, 0.4) is 0 Å². The molecule has 1 saturated heterocycles. The van der Waals surface area contributed by atoms with Crippen LogP contribution in [0, 0.1) is 6.92 Å². The Morgan fingerprint density at radius 1 is 1.59 bits per heavy atom. The molecule has 2 heterocycles. The summed E-state index contributed by atoms with van der Waals surface area (Å²) in [7, 11) is 1.89. The lowest BCUT2D eigenvalue weighted by molar-refractivity contribution is -0.0321. The minimum atomic E-state index is 0.0509. The fraction of sp³-hybridized carbons (Fsp3) is 0.727. The van der Waals surface area contributed by atoms with Crippen LogP contribution in [-0.4, -0.2) is 52.2 Å². The monoisotopic (exact) mass is 259 g/mol. The van der Waals surface area contributed by atoms with Crippen molar-refractivity contribution < 1.29 is 9.84 Å². The van der Waals surface area contributed by atoms with Gasteiger partial charge in [0.25, 0.3) is 0 Å². The van der Waals surface area contributed by atoms with E-state index in [0.29, 0.717) is 19.8 Å². The third kappa shape index (κ3) is 2.63. The second-order valence-electron chi connectivity index (χ2n) is 4.35. The summed E-state index contributed by atoms with van der Waals surface area (Å²) in [5.41, 5.74) is 1.84. The van der Waals surface area contributed by atoms with E-state index in [1.54, 1.807) is 0 Å². The maximum absolute atomic E-state index is 9.31. The molecule has 0 aliphatic carbocycles. The number of rotatable bonds is 3. The summed E-state index contributed by atoms with van der Waals surface area (Å²) in [6, 6.07) is 0.0509. The van der Waals surface area contributed by atoms with Crippen LogP contribution in [0.1, 0.15) is 11.4 Å². The van der Waals surface area contributed by atoms with Crippen LogP contribution >= 0.6 is 11.6 Å². The number of nitrogens with zero attached hydrogens (tertiary/aromatic N) is 3. The quantitative estimate of drug-likeness (QED) is 0.863. The third-order valence-corrected chi connectivity index (χ3v) is 3.67. The third-order valence-electron chi connectivity index (χ3n) is 3.17. The zero-order valence-corrected chi connectivity index (χ0v) is 10.9. The van der Waals surface area contributed by atoms with Gasteiger partial charge in [0.05, 0.1) is 42.3 Å². The molecule has 96 valence electrons. The minimum absolute atomic E-state index is 0.0509. The normalized spacial score (nSPS) is 22.0. The molecule has 1 atom stereocenters. The van der Waals surface area contributed by atoms with Crippen molar-refractivity contribution in [1.29, 1.82) is 0 Å². The maximum Gasteiger partial charge on any atom is 0.0860 e. The second kappa shape index (κ2) is 5.35. The summed E-state index contributed by atoms with van der Waals surface area (Å²) in [4.78, 5) is 2.19. The summed E-state index contributed by atoms with van der Waals surface area (Å²) in [6.45, 7) is 4.79. The van der Waals surface area contributed by atoms with Crippen molar-refractivity contribution in [2.75, 3.05) is 26.4 Å². The predicted molar refractivity (Wildman–Crippen MR) is 65.1 cm³/mol. The number of aromatic nitrogens is 2. The highest BCUT2D eigenvalue weighted by Crippen LogP contribution is 2.22. The molecule has 1 fully saturated rings. The molecule has 2 rings (SSSR count). The molecule has 1 aromatic heterocycles. The Hall–Kier alpha value is -0.620. The van der Waals surface area contributed by atoms with Crippen molar-refractivity contribution in [2.24, 2.45) is 7.05 Å². The number of hydrogen-bond acceptors (Lipinski definition) is 4. The first-order valence-corrected chi connectivity index (χ1v) is 6.12. The van der Waals surface area contributed by atoms with E-state index in [4.69, 9.17) is 16.3 Å². The number of hydrogen-bond donors (Lipinski definition) is 1. The van der Waals surface area contributed by atoms with E-state index < -0.39 is 0 Å². The molecule has 1 aliphatic heterocycles. The van der Waals surface area contributed by atoms with Gasteiger partial charge in [-0.05, 0) is 6.92 Å². The van der Waals surface area contributed by atoms with Crippen LogP contribution in [0.25, 0.3) is 0 Å². The van der Waals surface area contributed by atoms with Crippen LogP contribution in [-0.2, 0) is 18.3 Å².